The fourth-order valence-corrected chi connectivity index (χ4v) is 6.79. The molecule has 0 radical (unpaired) electrons. The van der Waals surface area contributed by atoms with E-state index in [-0.39, 0.29) is 28.9 Å². The van der Waals surface area contributed by atoms with E-state index in [4.69, 9.17) is 15.6 Å². The molecular formula is C36H42FN9O2. The summed E-state index contributed by atoms with van der Waals surface area (Å²) in [4.78, 5) is 28.9. The van der Waals surface area contributed by atoms with Crippen LogP contribution in [-0.2, 0) is 4.79 Å². The summed E-state index contributed by atoms with van der Waals surface area (Å²) in [6.45, 7) is 11.0. The van der Waals surface area contributed by atoms with Gasteiger partial charge in [-0.25, -0.2) is 19.0 Å². The van der Waals surface area contributed by atoms with Crippen LogP contribution in [0.3, 0.4) is 0 Å². The summed E-state index contributed by atoms with van der Waals surface area (Å²) in [6.07, 6.45) is 4.58. The average molecular weight is 652 g/mol. The van der Waals surface area contributed by atoms with Crippen molar-refractivity contribution in [2.24, 2.45) is 0 Å². The van der Waals surface area contributed by atoms with Gasteiger partial charge < -0.3 is 15.4 Å². The standard InChI is InChI=1S/C36H42FN9O2/c1-23-19-45(20-24(2)43(23)5)36(3,4)17-25(18-38)35(47)44-15-9-10-26(21-44)46-34-31(33(39)40-22-41-34)32(42-46)29-14-13-28(16-30(29)37)48-27-11-7-6-8-12-27/h6-8,11-14,16-17,22-24,26H,9-10,15,19-21H2,1-5H3,(H2,39,40,41)/b25-17-/t23-,24+,26?. The number of fused-ring (bicyclic) bond motifs is 1. The van der Waals surface area contributed by atoms with E-state index < -0.39 is 11.4 Å². The Kier molecular flexibility index (Phi) is 9.18. The van der Waals surface area contributed by atoms with E-state index in [1.807, 2.05) is 24.3 Å². The van der Waals surface area contributed by atoms with Crippen LogP contribution in [0.5, 0.6) is 11.5 Å². The van der Waals surface area contributed by atoms with Crippen LogP contribution in [0.25, 0.3) is 22.3 Å². The van der Waals surface area contributed by atoms with E-state index in [1.165, 1.54) is 12.4 Å². The molecule has 1 unspecified atom stereocenters. The van der Waals surface area contributed by atoms with Gasteiger partial charge in [-0.2, -0.15) is 10.4 Å². The SMILES string of the molecule is C[C@@H]1CN(C(C)(C)/C=C(/C#N)C(=O)N2CCCC(n3nc(-c4ccc(Oc5ccccc5)cc4F)c4c(N)ncnc43)C2)C[C@H](C)N1C. The summed E-state index contributed by atoms with van der Waals surface area (Å²) in [6, 6.07) is 16.4. The number of likely N-dealkylation sites (N-methyl/N-ethyl adjacent to an activating group) is 1. The van der Waals surface area contributed by atoms with E-state index in [2.05, 4.69) is 60.6 Å². The van der Waals surface area contributed by atoms with E-state index in [9.17, 15) is 10.1 Å². The van der Waals surface area contributed by atoms with Crippen molar-refractivity contribution >= 4 is 22.8 Å². The fraction of sp³-hybridized carbons (Fsp3) is 0.417. The number of hydrogen-bond acceptors (Lipinski definition) is 9. The van der Waals surface area contributed by atoms with Gasteiger partial charge in [0.2, 0.25) is 0 Å². The lowest BCUT2D eigenvalue weighted by molar-refractivity contribution is -0.128. The Morgan fingerprint density at radius 1 is 1.08 bits per heavy atom. The third-order valence-corrected chi connectivity index (χ3v) is 9.75. The number of carbonyl (C=O) groups excluding carboxylic acids is 1. The van der Waals surface area contributed by atoms with Crippen LogP contribution in [-0.4, -0.2) is 91.2 Å². The monoisotopic (exact) mass is 651 g/mol. The number of nitriles is 1. The number of anilines is 1. The molecule has 2 aromatic heterocycles. The lowest BCUT2D eigenvalue weighted by Crippen LogP contribution is -2.60. The van der Waals surface area contributed by atoms with Gasteiger partial charge >= 0.3 is 0 Å². The highest BCUT2D eigenvalue weighted by atomic mass is 19.1. The second-order valence-electron chi connectivity index (χ2n) is 13.4. The number of nitrogens with zero attached hydrogens (tertiary/aromatic N) is 8. The molecule has 2 saturated heterocycles. The van der Waals surface area contributed by atoms with Crippen LogP contribution < -0.4 is 10.5 Å². The summed E-state index contributed by atoms with van der Waals surface area (Å²) in [5.74, 6) is 0.275. The van der Waals surface area contributed by atoms with Gasteiger partial charge in [-0.1, -0.05) is 18.2 Å². The zero-order valence-corrected chi connectivity index (χ0v) is 28.1. The van der Waals surface area contributed by atoms with Crippen molar-refractivity contribution in [1.82, 2.24) is 34.4 Å². The fourth-order valence-electron chi connectivity index (χ4n) is 6.79. The van der Waals surface area contributed by atoms with Crippen LogP contribution in [0.4, 0.5) is 10.2 Å². The third-order valence-electron chi connectivity index (χ3n) is 9.75. The molecule has 6 rings (SSSR count). The molecule has 250 valence electrons. The molecule has 0 saturated carbocycles. The molecule has 2 fully saturated rings. The van der Waals surface area contributed by atoms with Gasteiger partial charge in [0.15, 0.2) is 5.65 Å². The number of piperazine rings is 1. The Morgan fingerprint density at radius 2 is 1.81 bits per heavy atom. The minimum absolute atomic E-state index is 0.123. The smallest absolute Gasteiger partial charge is 0.264 e. The van der Waals surface area contributed by atoms with Crippen molar-refractivity contribution in [1.29, 1.82) is 5.26 Å². The third kappa shape index (κ3) is 6.48. The number of benzene rings is 2. The van der Waals surface area contributed by atoms with Gasteiger partial charge in [0.1, 0.15) is 46.8 Å². The maximum atomic E-state index is 15.7. The first kappa shape index (κ1) is 33.1. The van der Waals surface area contributed by atoms with Crippen LogP contribution in [0, 0.1) is 17.1 Å². The molecule has 12 heteroatoms. The number of piperidine rings is 1. The minimum Gasteiger partial charge on any atom is -0.457 e. The summed E-state index contributed by atoms with van der Waals surface area (Å²) >= 11 is 0. The number of nitrogens with two attached hydrogens (primary N) is 1. The van der Waals surface area contributed by atoms with E-state index in [0.717, 1.165) is 13.1 Å². The van der Waals surface area contributed by atoms with E-state index in [1.54, 1.807) is 33.8 Å². The van der Waals surface area contributed by atoms with Gasteiger partial charge in [-0.15, -0.1) is 0 Å². The lowest BCUT2D eigenvalue weighted by Gasteiger charge is -2.48. The number of likely N-dealkylation sites (tertiary alicyclic amines) is 1. The van der Waals surface area contributed by atoms with Gasteiger partial charge in [-0.05, 0) is 77.9 Å². The van der Waals surface area contributed by atoms with Crippen LogP contribution >= 0.6 is 0 Å². The number of ether oxygens (including phenoxy) is 1. The van der Waals surface area contributed by atoms with Gasteiger partial charge in [0.05, 0.1) is 11.4 Å². The van der Waals surface area contributed by atoms with Crippen LogP contribution in [0.2, 0.25) is 0 Å². The Hall–Kier alpha value is -4.86. The second kappa shape index (κ2) is 13.3. The molecule has 2 N–H and O–H groups in total. The molecule has 4 aromatic rings. The highest BCUT2D eigenvalue weighted by Gasteiger charge is 2.36. The predicted molar refractivity (Wildman–Crippen MR) is 183 cm³/mol. The van der Waals surface area contributed by atoms with Crippen LogP contribution in [0.1, 0.15) is 46.6 Å². The van der Waals surface area contributed by atoms with Gasteiger partial charge in [-0.3, -0.25) is 14.6 Å². The van der Waals surface area contributed by atoms with E-state index >= 15 is 4.39 Å². The average Bonchev–Trinajstić information content (AvgIpc) is 3.47. The molecule has 4 heterocycles. The topological polar surface area (TPSA) is 129 Å². The normalized spacial score (nSPS) is 21.3. The quantitative estimate of drug-likeness (QED) is 0.206. The Labute approximate surface area is 280 Å². The molecule has 0 bridgehead atoms. The summed E-state index contributed by atoms with van der Waals surface area (Å²) in [5, 5.41) is 15.4. The van der Waals surface area contributed by atoms with Crippen molar-refractivity contribution in [2.45, 2.75) is 64.2 Å². The molecule has 2 aliphatic rings. The van der Waals surface area contributed by atoms with Crippen molar-refractivity contribution in [3.63, 3.8) is 0 Å². The lowest BCUT2D eigenvalue weighted by atomic mass is 9.94. The molecule has 11 nitrogen and oxygen atoms in total. The first-order valence-electron chi connectivity index (χ1n) is 16.4. The zero-order valence-electron chi connectivity index (χ0n) is 28.1. The first-order chi connectivity index (χ1) is 23.0. The first-order valence-corrected chi connectivity index (χ1v) is 16.4. The zero-order chi connectivity index (χ0) is 34.2. The molecule has 1 amide bonds. The molecular weight excluding hydrogens is 609 g/mol. The number of nitrogen functional groups attached to an aromatic ring is 1. The highest BCUT2D eigenvalue weighted by Crippen LogP contribution is 2.36. The molecule has 3 atom stereocenters. The summed E-state index contributed by atoms with van der Waals surface area (Å²) < 4.78 is 23.2. The number of amides is 1. The van der Waals surface area contributed by atoms with Crippen molar-refractivity contribution in [2.75, 3.05) is 39.0 Å². The number of hydrogen-bond donors (Lipinski definition) is 1. The molecule has 48 heavy (non-hydrogen) atoms. The van der Waals surface area contributed by atoms with Gasteiger partial charge in [0, 0.05) is 55.4 Å². The van der Waals surface area contributed by atoms with Crippen molar-refractivity contribution in [3.8, 4) is 28.8 Å². The Bertz CT molecular complexity index is 1870. The maximum Gasteiger partial charge on any atom is 0.264 e. The Balaban J connectivity index is 1.27. The Morgan fingerprint density at radius 3 is 2.50 bits per heavy atom. The number of rotatable bonds is 7. The molecule has 0 spiro atoms. The van der Waals surface area contributed by atoms with Crippen molar-refractivity contribution in [3.05, 3.63) is 72.3 Å². The van der Waals surface area contributed by atoms with Gasteiger partial charge in [0.25, 0.3) is 5.91 Å². The summed E-state index contributed by atoms with van der Waals surface area (Å²) in [5.41, 5.74) is 6.96. The molecule has 2 aromatic carbocycles. The highest BCUT2D eigenvalue weighted by molar-refractivity contribution is 5.99. The summed E-state index contributed by atoms with van der Waals surface area (Å²) in [7, 11) is 2.13. The molecule has 0 aliphatic carbocycles. The number of para-hydroxylation sites is 1. The number of aromatic nitrogens is 4. The maximum absolute atomic E-state index is 15.7. The second-order valence-corrected chi connectivity index (χ2v) is 13.4. The molecule has 2 aliphatic heterocycles. The number of carbonyl (C=O) groups is 1. The largest absolute Gasteiger partial charge is 0.457 e. The van der Waals surface area contributed by atoms with E-state index in [0.29, 0.717) is 66.2 Å². The van der Waals surface area contributed by atoms with Crippen molar-refractivity contribution < 1.29 is 13.9 Å². The number of halogens is 1. The van der Waals surface area contributed by atoms with Crippen LogP contribution in [0.15, 0.2) is 66.5 Å². The predicted octanol–water partition coefficient (Wildman–Crippen LogP) is 5.42. The minimum atomic E-state index is -0.533.